The highest BCUT2D eigenvalue weighted by Gasteiger charge is 2.51. The zero-order valence-corrected chi connectivity index (χ0v) is 17.4. The Morgan fingerprint density at radius 1 is 0.893 bits per heavy atom. The molecular weight excluding hydrogens is 364 g/mol. The van der Waals surface area contributed by atoms with Gasteiger partial charge in [0.2, 0.25) is 0 Å². The highest BCUT2D eigenvalue weighted by atomic mass is 16.8. The van der Waals surface area contributed by atoms with E-state index in [0.29, 0.717) is 6.42 Å². The molecule has 1 aliphatic heterocycles. The lowest BCUT2D eigenvalue weighted by Crippen LogP contribution is -2.62. The monoisotopic (exact) mass is 404 g/mol. The molecule has 1 saturated heterocycles. The Bertz CT molecular complexity index is 418. The second-order valence-corrected chi connectivity index (χ2v) is 7.91. The molecule has 0 radical (unpaired) electrons. The number of aliphatic hydroxyl groups is 4. The maximum absolute atomic E-state index is 11.8. The van der Waals surface area contributed by atoms with Crippen LogP contribution in [0.3, 0.4) is 0 Å². The number of rotatable bonds is 15. The molecule has 0 saturated carbocycles. The normalized spacial score (nSPS) is 27.7. The summed E-state index contributed by atoms with van der Waals surface area (Å²) >= 11 is 0. The molecule has 0 aromatic heterocycles. The molecule has 4 N–H and O–H groups in total. The smallest absolute Gasteiger partial charge is 0.357 e. The fraction of sp³-hybridized carbons (Fsp3) is 0.952. The van der Waals surface area contributed by atoms with Crippen molar-refractivity contribution in [3.63, 3.8) is 0 Å². The minimum Gasteiger partial charge on any atom is -0.406 e. The maximum Gasteiger partial charge on any atom is 0.357 e. The van der Waals surface area contributed by atoms with Gasteiger partial charge in [0.1, 0.15) is 12.2 Å². The van der Waals surface area contributed by atoms with Crippen LogP contribution in [0.2, 0.25) is 0 Å². The number of esters is 1. The Balaban J connectivity index is 1.98. The van der Waals surface area contributed by atoms with Gasteiger partial charge in [-0.15, -0.1) is 0 Å². The van der Waals surface area contributed by atoms with Crippen molar-refractivity contribution in [2.24, 2.45) is 0 Å². The van der Waals surface area contributed by atoms with Gasteiger partial charge in [-0.25, -0.2) is 0 Å². The average molecular weight is 405 g/mol. The molecule has 1 aliphatic rings. The molecule has 0 amide bonds. The van der Waals surface area contributed by atoms with Crippen molar-refractivity contribution in [3.8, 4) is 0 Å². The van der Waals surface area contributed by atoms with Gasteiger partial charge in [-0.2, -0.15) is 0 Å². The summed E-state index contributed by atoms with van der Waals surface area (Å²) in [5, 5.41) is 38.7. The summed E-state index contributed by atoms with van der Waals surface area (Å²) in [5.74, 6) is -3.31. The summed E-state index contributed by atoms with van der Waals surface area (Å²) in [6, 6.07) is 0. The summed E-state index contributed by atoms with van der Waals surface area (Å²) in [5.41, 5.74) is 0. The number of aliphatic hydroxyl groups excluding tert-OH is 3. The number of hydrogen-bond acceptors (Lipinski definition) is 7. The van der Waals surface area contributed by atoms with Crippen LogP contribution in [0, 0.1) is 0 Å². The fourth-order valence-electron chi connectivity index (χ4n) is 3.41. The lowest BCUT2D eigenvalue weighted by Gasteiger charge is -2.39. The lowest BCUT2D eigenvalue weighted by molar-refractivity contribution is -0.415. The van der Waals surface area contributed by atoms with E-state index < -0.39 is 36.9 Å². The fourth-order valence-corrected chi connectivity index (χ4v) is 3.41. The van der Waals surface area contributed by atoms with Crippen LogP contribution in [-0.2, 0) is 14.3 Å². The molecular formula is C21H40O7. The molecule has 0 spiro atoms. The van der Waals surface area contributed by atoms with Crippen molar-refractivity contribution in [1.29, 1.82) is 0 Å². The van der Waals surface area contributed by atoms with Gasteiger partial charge in [0.15, 0.2) is 6.10 Å². The molecule has 0 aromatic rings. The summed E-state index contributed by atoms with van der Waals surface area (Å²) < 4.78 is 9.59. The van der Waals surface area contributed by atoms with Crippen LogP contribution in [0.5, 0.6) is 0 Å². The topological polar surface area (TPSA) is 116 Å². The number of unbranched alkanes of at least 4 members (excludes halogenated alkanes) is 12. The van der Waals surface area contributed by atoms with E-state index in [2.05, 4.69) is 6.92 Å². The molecule has 28 heavy (non-hydrogen) atoms. The second kappa shape index (κ2) is 14.3. The molecule has 0 aromatic carbocycles. The predicted octanol–water partition coefficient (Wildman–Crippen LogP) is 2.77. The van der Waals surface area contributed by atoms with Crippen LogP contribution in [-0.4, -0.2) is 57.3 Å². The quantitative estimate of drug-likeness (QED) is 0.188. The van der Waals surface area contributed by atoms with E-state index in [1.165, 1.54) is 57.8 Å². The van der Waals surface area contributed by atoms with Gasteiger partial charge in [-0.3, -0.25) is 4.79 Å². The first-order valence-corrected chi connectivity index (χ1v) is 11.0. The third-order valence-electron chi connectivity index (χ3n) is 5.30. The first-order chi connectivity index (χ1) is 13.4. The molecule has 1 rings (SSSR count). The Morgan fingerprint density at radius 3 is 1.86 bits per heavy atom. The number of carbonyl (C=O) groups excluding carboxylic acids is 1. The summed E-state index contributed by atoms with van der Waals surface area (Å²) in [6.45, 7) is 1.81. The Morgan fingerprint density at radius 2 is 1.36 bits per heavy atom. The summed E-state index contributed by atoms with van der Waals surface area (Å²) in [6.07, 6.45) is 10.8. The van der Waals surface area contributed by atoms with Gasteiger partial charge >= 0.3 is 11.9 Å². The standard InChI is InChI=1S/C21H40O7/c1-2-3-4-5-6-7-8-9-10-11-12-13-14-15-18(23)28-21(26)20(25)19(24)17(22)16-27-21/h17,19-20,22,24-26H,2-16H2,1H3/t17-,19+,20-,21?/m1/s1. The van der Waals surface area contributed by atoms with Crippen LogP contribution in [0.4, 0.5) is 0 Å². The zero-order valence-electron chi connectivity index (χ0n) is 17.4. The molecule has 7 nitrogen and oxygen atoms in total. The van der Waals surface area contributed by atoms with Crippen molar-refractivity contribution >= 4 is 5.97 Å². The predicted molar refractivity (Wildman–Crippen MR) is 105 cm³/mol. The highest BCUT2D eigenvalue weighted by molar-refractivity contribution is 5.69. The molecule has 1 heterocycles. The van der Waals surface area contributed by atoms with Crippen molar-refractivity contribution in [2.75, 3.05) is 6.61 Å². The SMILES string of the molecule is CCCCCCCCCCCCCCCC(=O)OC1(O)OC[C@@H](O)[C@H](O)[C@H]1O. The molecule has 7 heteroatoms. The Kier molecular flexibility index (Phi) is 12.9. The van der Waals surface area contributed by atoms with E-state index in [9.17, 15) is 25.2 Å². The third kappa shape index (κ3) is 9.65. The largest absolute Gasteiger partial charge is 0.406 e. The first-order valence-electron chi connectivity index (χ1n) is 11.0. The van der Waals surface area contributed by atoms with Crippen LogP contribution >= 0.6 is 0 Å². The second-order valence-electron chi connectivity index (χ2n) is 7.91. The van der Waals surface area contributed by atoms with Gasteiger partial charge in [0, 0.05) is 6.42 Å². The van der Waals surface area contributed by atoms with Crippen molar-refractivity contribution in [3.05, 3.63) is 0 Å². The van der Waals surface area contributed by atoms with Gasteiger partial charge < -0.3 is 29.9 Å². The number of hydrogen-bond donors (Lipinski definition) is 4. The minimum absolute atomic E-state index is 0.106. The van der Waals surface area contributed by atoms with E-state index in [1.807, 2.05) is 0 Å². The van der Waals surface area contributed by atoms with Crippen LogP contribution in [0.25, 0.3) is 0 Å². The van der Waals surface area contributed by atoms with Crippen molar-refractivity contribution in [1.82, 2.24) is 0 Å². The van der Waals surface area contributed by atoms with Crippen molar-refractivity contribution in [2.45, 2.75) is 121 Å². The highest BCUT2D eigenvalue weighted by Crippen LogP contribution is 2.26. The van der Waals surface area contributed by atoms with E-state index in [-0.39, 0.29) is 6.42 Å². The molecule has 0 aliphatic carbocycles. The Labute approximate surface area is 169 Å². The molecule has 1 unspecified atom stereocenters. The van der Waals surface area contributed by atoms with Gasteiger partial charge in [-0.1, -0.05) is 84.0 Å². The molecule has 4 atom stereocenters. The van der Waals surface area contributed by atoms with E-state index in [4.69, 9.17) is 9.47 Å². The Hall–Kier alpha value is -0.730. The lowest BCUT2D eigenvalue weighted by atomic mass is 10.0. The van der Waals surface area contributed by atoms with Gasteiger partial charge in [0.05, 0.1) is 6.61 Å². The van der Waals surface area contributed by atoms with Crippen molar-refractivity contribution < 1.29 is 34.7 Å². The molecule has 1 fully saturated rings. The first kappa shape index (κ1) is 25.3. The van der Waals surface area contributed by atoms with E-state index in [1.54, 1.807) is 0 Å². The van der Waals surface area contributed by atoms with Crippen LogP contribution in [0.15, 0.2) is 0 Å². The van der Waals surface area contributed by atoms with Crippen LogP contribution < -0.4 is 0 Å². The van der Waals surface area contributed by atoms with Gasteiger partial charge in [0.25, 0.3) is 0 Å². The number of carbonyl (C=O) groups is 1. The molecule has 166 valence electrons. The van der Waals surface area contributed by atoms with Crippen LogP contribution in [0.1, 0.15) is 96.8 Å². The summed E-state index contributed by atoms with van der Waals surface area (Å²) in [4.78, 5) is 11.8. The maximum atomic E-state index is 11.8. The van der Waals surface area contributed by atoms with Gasteiger partial charge in [-0.05, 0) is 6.42 Å². The average Bonchev–Trinajstić information content (AvgIpc) is 2.67. The number of ether oxygens (including phenoxy) is 2. The van der Waals surface area contributed by atoms with E-state index >= 15 is 0 Å². The zero-order chi connectivity index (χ0) is 20.8. The minimum atomic E-state index is -2.60. The third-order valence-corrected chi connectivity index (χ3v) is 5.30. The van der Waals surface area contributed by atoms with E-state index in [0.717, 1.165) is 19.3 Å². The summed E-state index contributed by atoms with van der Waals surface area (Å²) in [7, 11) is 0. The molecule has 0 bridgehead atoms.